The van der Waals surface area contributed by atoms with Crippen molar-refractivity contribution in [2.45, 2.75) is 0 Å². The highest BCUT2D eigenvalue weighted by molar-refractivity contribution is 5.85. The molecule has 0 radical (unpaired) electrons. The molecule has 3 aromatic rings. The Balaban J connectivity index is 2.09. The first-order valence-corrected chi connectivity index (χ1v) is 4.84. The van der Waals surface area contributed by atoms with Crippen molar-refractivity contribution in [1.29, 1.82) is 0 Å². The lowest BCUT2D eigenvalue weighted by molar-refractivity contribution is 0.0690. The van der Waals surface area contributed by atoms with Crippen LogP contribution in [0.1, 0.15) is 10.5 Å². The molecule has 0 saturated carbocycles. The molecule has 1 N–H and O–H groups in total. The topological polar surface area (TPSA) is 85.3 Å². The molecule has 0 unspecified atom stereocenters. The minimum Gasteiger partial charge on any atom is -0.476 e. The van der Waals surface area contributed by atoms with Crippen molar-refractivity contribution < 1.29 is 9.90 Å². The standard InChI is InChI=1S/C10H7N5O2/c16-10(17)7-2-5-15(13-7)9-3-6-14-8(12-9)1-4-11-14/h1-6H,(H,16,17). The molecule has 0 aromatic carbocycles. The van der Waals surface area contributed by atoms with Gasteiger partial charge in [-0.2, -0.15) is 10.2 Å². The van der Waals surface area contributed by atoms with E-state index in [1.54, 1.807) is 35.2 Å². The Morgan fingerprint density at radius 3 is 2.88 bits per heavy atom. The largest absolute Gasteiger partial charge is 0.476 e. The van der Waals surface area contributed by atoms with Crippen LogP contribution >= 0.6 is 0 Å². The first-order valence-electron chi connectivity index (χ1n) is 4.84. The summed E-state index contributed by atoms with van der Waals surface area (Å²) in [5.41, 5.74) is 0.662. The van der Waals surface area contributed by atoms with Gasteiger partial charge in [0.1, 0.15) is 0 Å². The molecular weight excluding hydrogens is 222 g/mol. The Morgan fingerprint density at radius 1 is 1.24 bits per heavy atom. The summed E-state index contributed by atoms with van der Waals surface area (Å²) in [5.74, 6) is -0.514. The summed E-state index contributed by atoms with van der Waals surface area (Å²) in [7, 11) is 0. The molecule has 0 aliphatic carbocycles. The third kappa shape index (κ3) is 1.53. The molecule has 3 rings (SSSR count). The lowest BCUT2D eigenvalue weighted by Gasteiger charge is -2.00. The second-order valence-electron chi connectivity index (χ2n) is 3.37. The van der Waals surface area contributed by atoms with Crippen LogP contribution in [0, 0.1) is 0 Å². The molecule has 7 nitrogen and oxygen atoms in total. The van der Waals surface area contributed by atoms with Gasteiger partial charge in [0.25, 0.3) is 0 Å². The van der Waals surface area contributed by atoms with E-state index in [2.05, 4.69) is 15.2 Å². The fourth-order valence-electron chi connectivity index (χ4n) is 1.50. The average molecular weight is 229 g/mol. The van der Waals surface area contributed by atoms with Crippen LogP contribution in [-0.2, 0) is 0 Å². The number of nitrogens with zero attached hydrogens (tertiary/aromatic N) is 5. The van der Waals surface area contributed by atoms with Crippen LogP contribution in [0.3, 0.4) is 0 Å². The Bertz CT molecular complexity index is 699. The summed E-state index contributed by atoms with van der Waals surface area (Å²) < 4.78 is 3.03. The summed E-state index contributed by atoms with van der Waals surface area (Å²) in [6.45, 7) is 0. The Kier molecular flexibility index (Phi) is 1.91. The number of hydrogen-bond donors (Lipinski definition) is 1. The van der Waals surface area contributed by atoms with Crippen molar-refractivity contribution in [3.05, 3.63) is 42.5 Å². The molecule has 0 fully saturated rings. The number of aromatic nitrogens is 5. The summed E-state index contributed by atoms with van der Waals surface area (Å²) in [6, 6.07) is 4.88. The summed E-state index contributed by atoms with van der Waals surface area (Å²) in [4.78, 5) is 15.0. The van der Waals surface area contributed by atoms with Gasteiger partial charge in [0.2, 0.25) is 0 Å². The van der Waals surface area contributed by atoms with Crippen LogP contribution in [0.5, 0.6) is 0 Å². The Labute approximate surface area is 94.9 Å². The SMILES string of the molecule is O=C(O)c1ccn(-c2ccn3nccc3n2)n1. The lowest BCUT2D eigenvalue weighted by atomic mass is 10.5. The van der Waals surface area contributed by atoms with E-state index in [4.69, 9.17) is 5.11 Å². The molecule has 0 spiro atoms. The molecule has 17 heavy (non-hydrogen) atoms. The van der Waals surface area contributed by atoms with Gasteiger partial charge in [-0.3, -0.25) is 0 Å². The van der Waals surface area contributed by atoms with Crippen LogP contribution < -0.4 is 0 Å². The van der Waals surface area contributed by atoms with Gasteiger partial charge in [-0.1, -0.05) is 0 Å². The second kappa shape index (κ2) is 3.41. The van der Waals surface area contributed by atoms with Crippen molar-refractivity contribution >= 4 is 11.6 Å². The van der Waals surface area contributed by atoms with Gasteiger partial charge in [-0.25, -0.2) is 19.0 Å². The van der Waals surface area contributed by atoms with Gasteiger partial charge in [-0.05, 0) is 6.07 Å². The highest BCUT2D eigenvalue weighted by atomic mass is 16.4. The minimum absolute atomic E-state index is 0.0137. The normalized spacial score (nSPS) is 10.8. The predicted molar refractivity (Wildman–Crippen MR) is 57.1 cm³/mol. The van der Waals surface area contributed by atoms with Gasteiger partial charge >= 0.3 is 5.97 Å². The fraction of sp³-hybridized carbons (Fsp3) is 0. The van der Waals surface area contributed by atoms with E-state index in [9.17, 15) is 4.79 Å². The molecule has 0 atom stereocenters. The van der Waals surface area contributed by atoms with Crippen molar-refractivity contribution in [3.8, 4) is 5.82 Å². The van der Waals surface area contributed by atoms with E-state index < -0.39 is 5.97 Å². The van der Waals surface area contributed by atoms with Gasteiger partial charge in [0.05, 0.1) is 6.20 Å². The van der Waals surface area contributed by atoms with E-state index in [1.807, 2.05) is 0 Å². The highest BCUT2D eigenvalue weighted by Gasteiger charge is 2.08. The predicted octanol–water partition coefficient (Wildman–Crippen LogP) is 0.613. The quantitative estimate of drug-likeness (QED) is 0.696. The van der Waals surface area contributed by atoms with Gasteiger partial charge in [0, 0.05) is 24.5 Å². The van der Waals surface area contributed by atoms with Crippen molar-refractivity contribution in [3.63, 3.8) is 0 Å². The van der Waals surface area contributed by atoms with Gasteiger partial charge in [-0.15, -0.1) is 0 Å². The number of carboxylic acids is 1. The zero-order chi connectivity index (χ0) is 11.8. The molecule has 84 valence electrons. The lowest BCUT2D eigenvalue weighted by Crippen LogP contribution is -2.03. The minimum atomic E-state index is -1.06. The number of carboxylic acid groups (broad SMARTS) is 1. The molecule has 3 aromatic heterocycles. The number of hydrogen-bond acceptors (Lipinski definition) is 4. The Morgan fingerprint density at radius 2 is 2.12 bits per heavy atom. The highest BCUT2D eigenvalue weighted by Crippen LogP contribution is 2.06. The zero-order valence-corrected chi connectivity index (χ0v) is 8.56. The van der Waals surface area contributed by atoms with Crippen molar-refractivity contribution in [1.82, 2.24) is 24.4 Å². The maximum Gasteiger partial charge on any atom is 0.356 e. The van der Waals surface area contributed by atoms with Crippen LogP contribution in [0.15, 0.2) is 36.8 Å². The third-order valence-corrected chi connectivity index (χ3v) is 2.29. The molecule has 0 aliphatic rings. The zero-order valence-electron chi connectivity index (χ0n) is 8.56. The van der Waals surface area contributed by atoms with Crippen LogP contribution in [0.2, 0.25) is 0 Å². The number of aromatic carboxylic acids is 1. The number of rotatable bonds is 2. The fourth-order valence-corrected chi connectivity index (χ4v) is 1.50. The summed E-state index contributed by atoms with van der Waals surface area (Å²) in [6.07, 6.45) is 4.93. The summed E-state index contributed by atoms with van der Waals surface area (Å²) >= 11 is 0. The maximum atomic E-state index is 10.7. The van der Waals surface area contributed by atoms with Crippen LogP contribution in [-0.4, -0.2) is 35.5 Å². The smallest absolute Gasteiger partial charge is 0.356 e. The van der Waals surface area contributed by atoms with E-state index >= 15 is 0 Å². The van der Waals surface area contributed by atoms with Crippen molar-refractivity contribution in [2.75, 3.05) is 0 Å². The molecule has 0 bridgehead atoms. The average Bonchev–Trinajstić information content (AvgIpc) is 2.97. The molecule has 0 aliphatic heterocycles. The third-order valence-electron chi connectivity index (χ3n) is 2.29. The first kappa shape index (κ1) is 9.52. The van der Waals surface area contributed by atoms with Crippen molar-refractivity contribution in [2.24, 2.45) is 0 Å². The van der Waals surface area contributed by atoms with E-state index in [0.717, 1.165) is 0 Å². The first-order chi connectivity index (χ1) is 8.24. The van der Waals surface area contributed by atoms with E-state index in [0.29, 0.717) is 11.5 Å². The molecule has 0 amide bonds. The Hall–Kier alpha value is -2.70. The number of carbonyl (C=O) groups is 1. The monoisotopic (exact) mass is 229 g/mol. The van der Waals surface area contributed by atoms with Crippen LogP contribution in [0.4, 0.5) is 0 Å². The summed E-state index contributed by atoms with van der Waals surface area (Å²) in [5, 5.41) is 16.7. The van der Waals surface area contributed by atoms with Gasteiger partial charge < -0.3 is 5.11 Å². The molecule has 3 heterocycles. The van der Waals surface area contributed by atoms with Gasteiger partial charge in [0.15, 0.2) is 17.2 Å². The molecule has 0 saturated heterocycles. The maximum absolute atomic E-state index is 10.7. The van der Waals surface area contributed by atoms with Crippen LogP contribution in [0.25, 0.3) is 11.5 Å². The van der Waals surface area contributed by atoms with E-state index in [-0.39, 0.29) is 5.69 Å². The second-order valence-corrected chi connectivity index (χ2v) is 3.37. The number of fused-ring (bicyclic) bond motifs is 1. The van der Waals surface area contributed by atoms with E-state index in [1.165, 1.54) is 10.7 Å². The molecular formula is C10H7N5O2. The molecule has 7 heteroatoms.